The lowest BCUT2D eigenvalue weighted by Gasteiger charge is -2.08. The van der Waals surface area contributed by atoms with Gasteiger partial charge in [0.25, 0.3) is 0 Å². The van der Waals surface area contributed by atoms with Gasteiger partial charge in [0.15, 0.2) is 0 Å². The second-order valence-corrected chi connectivity index (χ2v) is 4.71. The summed E-state index contributed by atoms with van der Waals surface area (Å²) in [6.45, 7) is 1.24. The molecule has 3 rings (SSSR count). The molecule has 2 amide bonds. The third kappa shape index (κ3) is 2.91. The molecule has 2 aromatic carbocycles. The average Bonchev–Trinajstić information content (AvgIpc) is 2.94. The standard InChI is InChI=1S/C16H16N2O2/c19-16(17-11-12-4-2-1-3-5-12)18-14-6-7-15-13(10-14)8-9-20-15/h1-7,10H,8-9,11H2,(H2,17,18,19). The molecule has 1 aliphatic heterocycles. The van der Waals surface area contributed by atoms with Crippen molar-refractivity contribution in [3.63, 3.8) is 0 Å². The van der Waals surface area contributed by atoms with Crippen LogP contribution in [0.3, 0.4) is 0 Å². The van der Waals surface area contributed by atoms with Crippen LogP contribution in [0.25, 0.3) is 0 Å². The van der Waals surface area contributed by atoms with Crippen LogP contribution in [0.15, 0.2) is 48.5 Å². The van der Waals surface area contributed by atoms with Crippen molar-refractivity contribution in [1.29, 1.82) is 0 Å². The van der Waals surface area contributed by atoms with E-state index < -0.39 is 0 Å². The number of carbonyl (C=O) groups excluding carboxylic acids is 1. The Balaban J connectivity index is 1.56. The lowest BCUT2D eigenvalue weighted by molar-refractivity contribution is 0.251. The molecule has 2 N–H and O–H groups in total. The highest BCUT2D eigenvalue weighted by Crippen LogP contribution is 2.27. The van der Waals surface area contributed by atoms with Gasteiger partial charge in [-0.3, -0.25) is 0 Å². The van der Waals surface area contributed by atoms with Gasteiger partial charge in [-0.15, -0.1) is 0 Å². The third-order valence-electron chi connectivity index (χ3n) is 3.24. The van der Waals surface area contributed by atoms with Gasteiger partial charge in [0, 0.05) is 18.7 Å². The highest BCUT2D eigenvalue weighted by molar-refractivity contribution is 5.89. The van der Waals surface area contributed by atoms with Gasteiger partial charge in [-0.2, -0.15) is 0 Å². The minimum Gasteiger partial charge on any atom is -0.493 e. The van der Waals surface area contributed by atoms with E-state index in [4.69, 9.17) is 4.74 Å². The minimum atomic E-state index is -0.201. The van der Waals surface area contributed by atoms with Crippen LogP contribution in [0.4, 0.5) is 10.5 Å². The van der Waals surface area contributed by atoms with Gasteiger partial charge in [0.2, 0.25) is 0 Å². The lowest BCUT2D eigenvalue weighted by atomic mass is 10.1. The summed E-state index contributed by atoms with van der Waals surface area (Å²) in [6, 6.07) is 15.3. The Morgan fingerprint density at radius 1 is 1.15 bits per heavy atom. The molecule has 102 valence electrons. The zero-order valence-electron chi connectivity index (χ0n) is 11.1. The van der Waals surface area contributed by atoms with Crippen molar-refractivity contribution in [3.8, 4) is 5.75 Å². The fraction of sp³-hybridized carbons (Fsp3) is 0.188. The van der Waals surface area contributed by atoms with Gasteiger partial charge in [-0.05, 0) is 29.3 Å². The maximum Gasteiger partial charge on any atom is 0.319 e. The van der Waals surface area contributed by atoms with Crippen molar-refractivity contribution in [1.82, 2.24) is 5.32 Å². The SMILES string of the molecule is O=C(NCc1ccccc1)Nc1ccc2c(c1)CCO2. The molecule has 0 atom stereocenters. The minimum absolute atomic E-state index is 0.201. The molecule has 0 saturated heterocycles. The van der Waals surface area contributed by atoms with Crippen LogP contribution in [0.1, 0.15) is 11.1 Å². The number of carbonyl (C=O) groups is 1. The Bertz CT molecular complexity index is 611. The van der Waals surface area contributed by atoms with Crippen LogP contribution in [0.2, 0.25) is 0 Å². The number of nitrogens with one attached hydrogen (secondary N) is 2. The molecule has 0 aromatic heterocycles. The van der Waals surface area contributed by atoms with E-state index in [1.165, 1.54) is 0 Å². The first-order valence-corrected chi connectivity index (χ1v) is 6.66. The fourth-order valence-electron chi connectivity index (χ4n) is 2.22. The monoisotopic (exact) mass is 268 g/mol. The molecule has 0 spiro atoms. The van der Waals surface area contributed by atoms with E-state index in [-0.39, 0.29) is 6.03 Å². The summed E-state index contributed by atoms with van der Waals surface area (Å²) in [5.41, 5.74) is 3.01. The van der Waals surface area contributed by atoms with Gasteiger partial charge >= 0.3 is 6.03 Å². The topological polar surface area (TPSA) is 50.4 Å². The molecule has 0 saturated carbocycles. The number of rotatable bonds is 3. The maximum atomic E-state index is 11.8. The summed E-state index contributed by atoms with van der Waals surface area (Å²) in [5.74, 6) is 0.917. The van der Waals surface area contributed by atoms with E-state index in [9.17, 15) is 4.79 Å². The van der Waals surface area contributed by atoms with E-state index in [2.05, 4.69) is 10.6 Å². The maximum absolute atomic E-state index is 11.8. The normalized spacial score (nSPS) is 12.4. The van der Waals surface area contributed by atoms with Crippen LogP contribution in [0.5, 0.6) is 5.75 Å². The van der Waals surface area contributed by atoms with Crippen LogP contribution >= 0.6 is 0 Å². The first-order chi connectivity index (χ1) is 9.81. The van der Waals surface area contributed by atoms with Crippen molar-refractivity contribution in [2.75, 3.05) is 11.9 Å². The Morgan fingerprint density at radius 3 is 2.85 bits per heavy atom. The largest absolute Gasteiger partial charge is 0.493 e. The molecule has 0 radical (unpaired) electrons. The predicted octanol–water partition coefficient (Wildman–Crippen LogP) is 2.94. The van der Waals surface area contributed by atoms with Gasteiger partial charge in [-0.1, -0.05) is 30.3 Å². The summed E-state index contributed by atoms with van der Waals surface area (Å²) < 4.78 is 5.44. The van der Waals surface area contributed by atoms with E-state index >= 15 is 0 Å². The van der Waals surface area contributed by atoms with Crippen molar-refractivity contribution < 1.29 is 9.53 Å². The second kappa shape index (κ2) is 5.65. The van der Waals surface area contributed by atoms with Crippen molar-refractivity contribution in [3.05, 3.63) is 59.7 Å². The quantitative estimate of drug-likeness (QED) is 0.899. The Morgan fingerprint density at radius 2 is 2.00 bits per heavy atom. The number of amides is 2. The molecule has 4 nitrogen and oxygen atoms in total. The highest BCUT2D eigenvalue weighted by atomic mass is 16.5. The Hall–Kier alpha value is -2.49. The molecule has 1 heterocycles. The number of ether oxygens (including phenoxy) is 1. The average molecular weight is 268 g/mol. The smallest absolute Gasteiger partial charge is 0.319 e. The van der Waals surface area contributed by atoms with Gasteiger partial charge in [0.05, 0.1) is 6.61 Å². The third-order valence-corrected chi connectivity index (χ3v) is 3.24. The van der Waals surface area contributed by atoms with E-state index in [1.807, 2.05) is 48.5 Å². The van der Waals surface area contributed by atoms with Crippen LogP contribution < -0.4 is 15.4 Å². The molecular weight excluding hydrogens is 252 g/mol. The second-order valence-electron chi connectivity index (χ2n) is 4.71. The van der Waals surface area contributed by atoms with Crippen molar-refractivity contribution >= 4 is 11.7 Å². The molecule has 20 heavy (non-hydrogen) atoms. The van der Waals surface area contributed by atoms with Gasteiger partial charge in [0.1, 0.15) is 5.75 Å². The van der Waals surface area contributed by atoms with Crippen molar-refractivity contribution in [2.45, 2.75) is 13.0 Å². The summed E-state index contributed by atoms with van der Waals surface area (Å²) in [6.07, 6.45) is 0.899. The summed E-state index contributed by atoms with van der Waals surface area (Å²) >= 11 is 0. The summed E-state index contributed by atoms with van der Waals surface area (Å²) in [4.78, 5) is 11.8. The number of anilines is 1. The molecule has 1 aliphatic rings. The number of urea groups is 1. The number of benzene rings is 2. The first kappa shape index (κ1) is 12.5. The van der Waals surface area contributed by atoms with Gasteiger partial charge < -0.3 is 15.4 Å². The van der Waals surface area contributed by atoms with Crippen LogP contribution in [-0.4, -0.2) is 12.6 Å². The zero-order valence-corrected chi connectivity index (χ0v) is 11.1. The van der Waals surface area contributed by atoms with Crippen LogP contribution in [-0.2, 0) is 13.0 Å². The number of hydrogen-bond acceptors (Lipinski definition) is 2. The predicted molar refractivity (Wildman–Crippen MR) is 77.9 cm³/mol. The Kier molecular flexibility index (Phi) is 3.54. The van der Waals surface area contributed by atoms with E-state index in [0.29, 0.717) is 6.54 Å². The number of fused-ring (bicyclic) bond motifs is 1. The van der Waals surface area contributed by atoms with Gasteiger partial charge in [-0.25, -0.2) is 4.79 Å². The molecule has 2 aromatic rings. The first-order valence-electron chi connectivity index (χ1n) is 6.66. The molecular formula is C16H16N2O2. The number of hydrogen-bond donors (Lipinski definition) is 2. The summed E-state index contributed by atoms with van der Waals surface area (Å²) in [7, 11) is 0. The van der Waals surface area contributed by atoms with E-state index in [1.54, 1.807) is 0 Å². The zero-order chi connectivity index (χ0) is 13.8. The summed E-state index contributed by atoms with van der Waals surface area (Å²) in [5, 5.41) is 5.67. The fourth-order valence-corrected chi connectivity index (χ4v) is 2.22. The lowest BCUT2D eigenvalue weighted by Crippen LogP contribution is -2.28. The van der Waals surface area contributed by atoms with E-state index in [0.717, 1.165) is 35.6 Å². The Labute approximate surface area is 117 Å². The molecule has 0 aliphatic carbocycles. The molecule has 0 fully saturated rings. The molecule has 0 unspecified atom stereocenters. The van der Waals surface area contributed by atoms with Crippen molar-refractivity contribution in [2.24, 2.45) is 0 Å². The van der Waals surface area contributed by atoms with Crippen LogP contribution in [0, 0.1) is 0 Å². The molecule has 4 heteroatoms. The molecule has 0 bridgehead atoms. The highest BCUT2D eigenvalue weighted by Gasteiger charge is 2.12.